The first-order chi connectivity index (χ1) is 9.69. The van der Waals surface area contributed by atoms with Gasteiger partial charge in [0.25, 0.3) is 5.91 Å². The van der Waals surface area contributed by atoms with E-state index in [1.54, 1.807) is 12.1 Å². The number of halogens is 1. The number of hydrogen-bond acceptors (Lipinski definition) is 3. The maximum absolute atomic E-state index is 12.7. The van der Waals surface area contributed by atoms with Gasteiger partial charge in [-0.15, -0.1) is 0 Å². The number of rotatable bonds is 5. The maximum atomic E-state index is 12.7. The highest BCUT2D eigenvalue weighted by molar-refractivity contribution is 6.03. The molecule has 1 amide bonds. The van der Waals surface area contributed by atoms with Crippen molar-refractivity contribution in [3.05, 3.63) is 59.7 Å². The molecule has 2 aromatic rings. The zero-order valence-corrected chi connectivity index (χ0v) is 11.1. The van der Waals surface area contributed by atoms with Gasteiger partial charge in [-0.3, -0.25) is 4.79 Å². The second-order valence-corrected chi connectivity index (χ2v) is 4.16. The lowest BCUT2D eigenvalue weighted by Gasteiger charge is -2.06. The smallest absolute Gasteiger partial charge is 0.257 e. The van der Waals surface area contributed by atoms with Gasteiger partial charge in [0, 0.05) is 18.5 Å². The molecular formula is C15H15FN2O2. The largest absolute Gasteiger partial charge is 0.377 e. The van der Waals surface area contributed by atoms with Crippen molar-refractivity contribution in [3.63, 3.8) is 0 Å². The van der Waals surface area contributed by atoms with Crippen LogP contribution < -0.4 is 5.32 Å². The van der Waals surface area contributed by atoms with Gasteiger partial charge in [0.2, 0.25) is 5.95 Å². The van der Waals surface area contributed by atoms with Crippen LogP contribution in [0.25, 0.3) is 0 Å². The molecule has 20 heavy (non-hydrogen) atoms. The van der Waals surface area contributed by atoms with E-state index >= 15 is 0 Å². The summed E-state index contributed by atoms with van der Waals surface area (Å²) in [6.45, 7) is 3.15. The van der Waals surface area contributed by atoms with Gasteiger partial charge in [-0.2, -0.15) is 4.39 Å². The van der Waals surface area contributed by atoms with Gasteiger partial charge in [0.1, 0.15) is 0 Å². The fourth-order valence-electron chi connectivity index (χ4n) is 1.62. The third-order valence-electron chi connectivity index (χ3n) is 2.67. The number of nitrogens with zero attached hydrogens (tertiary/aromatic N) is 1. The number of ether oxygens (including phenoxy) is 1. The lowest BCUT2D eigenvalue weighted by molar-refractivity contribution is 0.102. The minimum Gasteiger partial charge on any atom is -0.377 e. The van der Waals surface area contributed by atoms with E-state index in [1.807, 2.05) is 19.1 Å². The number of carbonyl (C=O) groups excluding carboxylic acids is 1. The first kappa shape index (κ1) is 14.1. The van der Waals surface area contributed by atoms with Crippen molar-refractivity contribution < 1.29 is 13.9 Å². The van der Waals surface area contributed by atoms with Crippen LogP contribution in [0.15, 0.2) is 42.6 Å². The number of hydrogen-bond donors (Lipinski definition) is 1. The molecule has 0 saturated heterocycles. The van der Waals surface area contributed by atoms with Gasteiger partial charge in [0.15, 0.2) is 0 Å². The van der Waals surface area contributed by atoms with Crippen molar-refractivity contribution >= 4 is 11.6 Å². The van der Waals surface area contributed by atoms with Crippen molar-refractivity contribution in [1.82, 2.24) is 4.98 Å². The molecule has 0 atom stereocenters. The molecule has 0 aliphatic heterocycles. The summed E-state index contributed by atoms with van der Waals surface area (Å²) in [6.07, 6.45) is 1.20. The van der Waals surface area contributed by atoms with Crippen LogP contribution >= 0.6 is 0 Å². The van der Waals surface area contributed by atoms with E-state index in [4.69, 9.17) is 4.74 Å². The summed E-state index contributed by atoms with van der Waals surface area (Å²) in [5.41, 5.74) is 2.01. The number of carbonyl (C=O) groups is 1. The van der Waals surface area contributed by atoms with Crippen molar-refractivity contribution in [2.75, 3.05) is 11.9 Å². The molecule has 0 aliphatic rings. The molecule has 4 nitrogen and oxygen atoms in total. The topological polar surface area (TPSA) is 51.2 Å². The van der Waals surface area contributed by atoms with E-state index in [2.05, 4.69) is 10.3 Å². The normalized spacial score (nSPS) is 10.3. The first-order valence-electron chi connectivity index (χ1n) is 6.28. The fraction of sp³-hybridized carbons (Fsp3) is 0.200. The van der Waals surface area contributed by atoms with E-state index < -0.39 is 5.95 Å². The molecular weight excluding hydrogens is 259 g/mol. The zero-order valence-electron chi connectivity index (χ0n) is 11.1. The van der Waals surface area contributed by atoms with E-state index in [0.717, 1.165) is 11.6 Å². The highest BCUT2D eigenvalue weighted by Gasteiger charge is 2.06. The van der Waals surface area contributed by atoms with Crippen LogP contribution in [0.4, 0.5) is 10.1 Å². The highest BCUT2D eigenvalue weighted by Crippen LogP contribution is 2.12. The fourth-order valence-corrected chi connectivity index (χ4v) is 1.62. The quantitative estimate of drug-likeness (QED) is 0.853. The average molecular weight is 274 g/mol. The highest BCUT2D eigenvalue weighted by atomic mass is 19.1. The van der Waals surface area contributed by atoms with Crippen molar-refractivity contribution in [2.45, 2.75) is 13.5 Å². The van der Waals surface area contributed by atoms with Gasteiger partial charge >= 0.3 is 0 Å². The second kappa shape index (κ2) is 6.77. The Labute approximate surface area is 116 Å². The van der Waals surface area contributed by atoms with Crippen LogP contribution in [0, 0.1) is 5.95 Å². The van der Waals surface area contributed by atoms with Crippen LogP contribution in [0.3, 0.4) is 0 Å². The predicted molar refractivity (Wildman–Crippen MR) is 73.9 cm³/mol. The molecule has 1 aromatic heterocycles. The molecule has 1 heterocycles. The summed E-state index contributed by atoms with van der Waals surface area (Å²) in [6, 6.07) is 9.90. The average Bonchev–Trinajstić information content (AvgIpc) is 2.47. The Bertz CT molecular complexity index is 567. The van der Waals surface area contributed by atoms with Crippen LogP contribution in [-0.2, 0) is 11.3 Å². The van der Waals surface area contributed by atoms with E-state index in [9.17, 15) is 9.18 Å². The van der Waals surface area contributed by atoms with Gasteiger partial charge in [-0.1, -0.05) is 12.1 Å². The van der Waals surface area contributed by atoms with Crippen LogP contribution in [-0.4, -0.2) is 17.5 Å². The molecule has 1 N–H and O–H groups in total. The third kappa shape index (κ3) is 3.86. The number of aromatic nitrogens is 1. The van der Waals surface area contributed by atoms with Gasteiger partial charge in [-0.05, 0) is 36.8 Å². The lowest BCUT2D eigenvalue weighted by Crippen LogP contribution is -2.12. The Morgan fingerprint density at radius 1 is 1.25 bits per heavy atom. The molecule has 0 saturated carbocycles. The molecule has 1 aromatic carbocycles. The Morgan fingerprint density at radius 2 is 2.00 bits per heavy atom. The Balaban J connectivity index is 1.99. The molecule has 0 spiro atoms. The zero-order chi connectivity index (χ0) is 14.4. The molecule has 0 aliphatic carbocycles. The SMILES string of the molecule is CCOCc1ccc(NC(=O)c2ccc(F)nc2)cc1. The number of anilines is 1. The van der Waals surface area contributed by atoms with Crippen LogP contribution in [0.2, 0.25) is 0 Å². The number of nitrogens with one attached hydrogen (secondary N) is 1. The van der Waals surface area contributed by atoms with Gasteiger partial charge in [0.05, 0.1) is 12.2 Å². The lowest BCUT2D eigenvalue weighted by atomic mass is 10.2. The second-order valence-electron chi connectivity index (χ2n) is 4.16. The van der Waals surface area contributed by atoms with Crippen molar-refractivity contribution in [3.8, 4) is 0 Å². The van der Waals surface area contributed by atoms with Gasteiger partial charge in [-0.25, -0.2) is 4.98 Å². The summed E-state index contributed by atoms with van der Waals surface area (Å²) in [5, 5.41) is 2.72. The minimum absolute atomic E-state index is 0.310. The minimum atomic E-state index is -0.609. The Kier molecular flexibility index (Phi) is 4.79. The summed E-state index contributed by atoms with van der Waals surface area (Å²) < 4.78 is 18.0. The van der Waals surface area contributed by atoms with Crippen molar-refractivity contribution in [1.29, 1.82) is 0 Å². The first-order valence-corrected chi connectivity index (χ1v) is 6.28. The summed E-state index contributed by atoms with van der Waals surface area (Å²) in [5.74, 6) is -0.933. The molecule has 2 rings (SSSR count). The molecule has 0 unspecified atom stereocenters. The van der Waals surface area contributed by atoms with E-state index in [-0.39, 0.29) is 5.91 Å². The standard InChI is InChI=1S/C15H15FN2O2/c1-2-20-10-11-3-6-13(7-4-11)18-15(19)12-5-8-14(16)17-9-12/h3-9H,2,10H2,1H3,(H,18,19). The molecule has 0 radical (unpaired) electrons. The number of benzene rings is 1. The van der Waals surface area contributed by atoms with Gasteiger partial charge < -0.3 is 10.1 Å². The van der Waals surface area contributed by atoms with Crippen LogP contribution in [0.5, 0.6) is 0 Å². The Hall–Kier alpha value is -2.27. The predicted octanol–water partition coefficient (Wildman–Crippen LogP) is 3.01. The summed E-state index contributed by atoms with van der Waals surface area (Å²) in [7, 11) is 0. The monoisotopic (exact) mass is 274 g/mol. The van der Waals surface area contributed by atoms with Crippen molar-refractivity contribution in [2.24, 2.45) is 0 Å². The Morgan fingerprint density at radius 3 is 2.60 bits per heavy atom. The summed E-state index contributed by atoms with van der Waals surface area (Å²) in [4.78, 5) is 15.3. The third-order valence-corrected chi connectivity index (χ3v) is 2.67. The molecule has 5 heteroatoms. The van der Waals surface area contributed by atoms with E-state index in [1.165, 1.54) is 12.3 Å². The number of pyridine rings is 1. The molecule has 0 bridgehead atoms. The summed E-state index contributed by atoms with van der Waals surface area (Å²) >= 11 is 0. The van der Waals surface area contributed by atoms with E-state index in [0.29, 0.717) is 24.5 Å². The molecule has 0 fully saturated rings. The molecule has 104 valence electrons. The maximum Gasteiger partial charge on any atom is 0.257 e. The van der Waals surface area contributed by atoms with Crippen LogP contribution in [0.1, 0.15) is 22.8 Å². The number of amides is 1.